The van der Waals surface area contributed by atoms with Crippen molar-refractivity contribution < 1.29 is 4.79 Å². The summed E-state index contributed by atoms with van der Waals surface area (Å²) in [6.45, 7) is 4.08. The van der Waals surface area contributed by atoms with Gasteiger partial charge >= 0.3 is 0 Å². The van der Waals surface area contributed by atoms with Gasteiger partial charge in [0.1, 0.15) is 0 Å². The second-order valence-electron chi connectivity index (χ2n) is 5.35. The fourth-order valence-electron chi connectivity index (χ4n) is 2.45. The molecule has 0 heterocycles. The Labute approximate surface area is 110 Å². The Hall–Kier alpha value is -1.08. The van der Waals surface area contributed by atoms with Crippen LogP contribution in [0.15, 0.2) is 0 Å². The Balaban J connectivity index is 1.95. The highest BCUT2D eigenvalue weighted by molar-refractivity contribution is 5.77. The van der Waals surface area contributed by atoms with E-state index >= 15 is 0 Å². The van der Waals surface area contributed by atoms with Crippen LogP contribution in [0.2, 0.25) is 0 Å². The number of nitriles is 1. The SMILES string of the molecule is CC1CCC(CCNCC(=O)NCCC#N)CC1. The summed E-state index contributed by atoms with van der Waals surface area (Å²) in [7, 11) is 0. The molecule has 0 aromatic carbocycles. The van der Waals surface area contributed by atoms with E-state index in [1.165, 1.54) is 32.1 Å². The molecule has 1 aliphatic rings. The molecular formula is C14H25N3O. The fraction of sp³-hybridized carbons (Fsp3) is 0.857. The lowest BCUT2D eigenvalue weighted by atomic mass is 9.81. The minimum absolute atomic E-state index is 0.0116. The lowest BCUT2D eigenvalue weighted by Crippen LogP contribution is -2.35. The molecule has 0 aromatic rings. The van der Waals surface area contributed by atoms with Crippen molar-refractivity contribution in [3.8, 4) is 6.07 Å². The number of amides is 1. The molecule has 1 aliphatic carbocycles. The molecule has 0 saturated heterocycles. The van der Waals surface area contributed by atoms with Crippen molar-refractivity contribution in [3.63, 3.8) is 0 Å². The summed E-state index contributed by atoms with van der Waals surface area (Å²) >= 11 is 0. The van der Waals surface area contributed by atoms with E-state index < -0.39 is 0 Å². The van der Waals surface area contributed by atoms with Crippen LogP contribution in [0, 0.1) is 23.2 Å². The number of rotatable bonds is 7. The molecule has 0 unspecified atom stereocenters. The standard InChI is InChI=1S/C14H25N3O/c1-12-3-5-13(6-4-12)7-10-16-11-14(18)17-9-2-8-15/h12-13,16H,2-7,9-11H2,1H3,(H,17,18). The highest BCUT2D eigenvalue weighted by atomic mass is 16.1. The monoisotopic (exact) mass is 251 g/mol. The predicted octanol–water partition coefficient (Wildman–Crippen LogP) is 1.82. The molecule has 0 bridgehead atoms. The average molecular weight is 251 g/mol. The van der Waals surface area contributed by atoms with Gasteiger partial charge in [0.2, 0.25) is 5.91 Å². The number of carbonyl (C=O) groups excluding carboxylic acids is 1. The van der Waals surface area contributed by atoms with Crippen LogP contribution in [0.5, 0.6) is 0 Å². The highest BCUT2D eigenvalue weighted by Crippen LogP contribution is 2.29. The number of nitrogens with zero attached hydrogens (tertiary/aromatic N) is 1. The Morgan fingerprint density at radius 3 is 2.67 bits per heavy atom. The molecule has 0 atom stereocenters. The summed E-state index contributed by atoms with van der Waals surface area (Å²) in [4.78, 5) is 11.3. The van der Waals surface area contributed by atoms with E-state index in [0.717, 1.165) is 18.4 Å². The zero-order chi connectivity index (χ0) is 13.2. The number of hydrogen-bond donors (Lipinski definition) is 2. The topological polar surface area (TPSA) is 64.9 Å². The summed E-state index contributed by atoms with van der Waals surface area (Å²) < 4.78 is 0. The van der Waals surface area contributed by atoms with Gasteiger partial charge in [-0.1, -0.05) is 32.6 Å². The molecule has 0 aromatic heterocycles. The molecule has 4 nitrogen and oxygen atoms in total. The van der Waals surface area contributed by atoms with E-state index in [4.69, 9.17) is 5.26 Å². The van der Waals surface area contributed by atoms with Crippen LogP contribution in [0.4, 0.5) is 0 Å². The Morgan fingerprint density at radius 2 is 2.00 bits per heavy atom. The van der Waals surface area contributed by atoms with Crippen molar-refractivity contribution in [3.05, 3.63) is 0 Å². The summed E-state index contributed by atoms with van der Waals surface area (Å²) in [5, 5.41) is 14.2. The molecular weight excluding hydrogens is 226 g/mol. The van der Waals surface area contributed by atoms with Crippen LogP contribution in [0.25, 0.3) is 0 Å². The molecule has 1 rings (SSSR count). The maximum Gasteiger partial charge on any atom is 0.233 e. The molecule has 102 valence electrons. The first kappa shape index (κ1) is 15.0. The van der Waals surface area contributed by atoms with E-state index in [9.17, 15) is 4.79 Å². The molecule has 18 heavy (non-hydrogen) atoms. The molecule has 0 aliphatic heterocycles. The van der Waals surface area contributed by atoms with Crippen LogP contribution in [0.3, 0.4) is 0 Å². The van der Waals surface area contributed by atoms with Gasteiger partial charge in [-0.25, -0.2) is 0 Å². The number of hydrogen-bond acceptors (Lipinski definition) is 3. The Kier molecular flexibility index (Phi) is 7.43. The lowest BCUT2D eigenvalue weighted by molar-refractivity contribution is -0.120. The first-order valence-electron chi connectivity index (χ1n) is 7.06. The van der Waals surface area contributed by atoms with Crippen LogP contribution in [0.1, 0.15) is 45.4 Å². The third-order valence-electron chi connectivity index (χ3n) is 3.71. The van der Waals surface area contributed by atoms with Crippen LogP contribution in [-0.2, 0) is 4.79 Å². The van der Waals surface area contributed by atoms with Gasteiger partial charge in [0.25, 0.3) is 0 Å². The van der Waals surface area contributed by atoms with Crippen LogP contribution < -0.4 is 10.6 Å². The molecule has 0 spiro atoms. The normalized spacial score (nSPS) is 23.3. The zero-order valence-corrected chi connectivity index (χ0v) is 11.4. The Bertz CT molecular complexity index is 277. The van der Waals surface area contributed by atoms with Gasteiger partial charge in [-0.2, -0.15) is 5.26 Å². The van der Waals surface area contributed by atoms with Gasteiger partial charge < -0.3 is 10.6 Å². The third kappa shape index (κ3) is 6.61. The second-order valence-corrected chi connectivity index (χ2v) is 5.35. The van der Waals surface area contributed by atoms with E-state index in [2.05, 4.69) is 17.6 Å². The summed E-state index contributed by atoms with van der Waals surface area (Å²) in [6, 6.07) is 2.00. The quantitative estimate of drug-likeness (QED) is 0.678. The van der Waals surface area contributed by atoms with Crippen molar-refractivity contribution in [1.82, 2.24) is 10.6 Å². The van der Waals surface area contributed by atoms with Crippen molar-refractivity contribution in [2.45, 2.75) is 45.4 Å². The van der Waals surface area contributed by atoms with Gasteiger partial charge in [-0.05, 0) is 24.8 Å². The van der Waals surface area contributed by atoms with Crippen LogP contribution in [-0.4, -0.2) is 25.5 Å². The third-order valence-corrected chi connectivity index (χ3v) is 3.71. The van der Waals surface area contributed by atoms with E-state index in [1.54, 1.807) is 0 Å². The molecule has 4 heteroatoms. The smallest absolute Gasteiger partial charge is 0.233 e. The van der Waals surface area contributed by atoms with Crippen molar-refractivity contribution in [1.29, 1.82) is 5.26 Å². The van der Waals surface area contributed by atoms with Gasteiger partial charge in [0.05, 0.1) is 19.0 Å². The van der Waals surface area contributed by atoms with E-state index in [-0.39, 0.29) is 5.91 Å². The molecule has 1 fully saturated rings. The van der Waals surface area contributed by atoms with E-state index in [0.29, 0.717) is 19.5 Å². The molecule has 1 amide bonds. The second kappa shape index (κ2) is 8.93. The summed E-state index contributed by atoms with van der Waals surface area (Å²) in [5.41, 5.74) is 0. The maximum atomic E-state index is 11.3. The maximum absolute atomic E-state index is 11.3. The van der Waals surface area contributed by atoms with Gasteiger partial charge in [-0.15, -0.1) is 0 Å². The van der Waals surface area contributed by atoms with Crippen molar-refractivity contribution >= 4 is 5.91 Å². The first-order valence-corrected chi connectivity index (χ1v) is 7.06. The van der Waals surface area contributed by atoms with Gasteiger partial charge in [0, 0.05) is 6.54 Å². The van der Waals surface area contributed by atoms with Crippen molar-refractivity contribution in [2.24, 2.45) is 11.8 Å². The van der Waals surface area contributed by atoms with Gasteiger partial charge in [-0.3, -0.25) is 4.79 Å². The molecule has 0 radical (unpaired) electrons. The van der Waals surface area contributed by atoms with Crippen molar-refractivity contribution in [2.75, 3.05) is 19.6 Å². The minimum atomic E-state index is -0.0116. The Morgan fingerprint density at radius 1 is 1.28 bits per heavy atom. The van der Waals surface area contributed by atoms with Gasteiger partial charge in [0.15, 0.2) is 0 Å². The van der Waals surface area contributed by atoms with Crippen LogP contribution >= 0.6 is 0 Å². The molecule has 1 saturated carbocycles. The summed E-state index contributed by atoms with van der Waals surface area (Å²) in [6.07, 6.45) is 6.97. The summed E-state index contributed by atoms with van der Waals surface area (Å²) in [5.74, 6) is 1.73. The minimum Gasteiger partial charge on any atom is -0.354 e. The largest absolute Gasteiger partial charge is 0.354 e. The van der Waals surface area contributed by atoms with E-state index in [1.807, 2.05) is 6.07 Å². The number of nitrogens with one attached hydrogen (secondary N) is 2. The average Bonchev–Trinajstić information content (AvgIpc) is 2.37. The first-order chi connectivity index (χ1) is 8.72. The predicted molar refractivity (Wildman–Crippen MR) is 71.8 cm³/mol. The zero-order valence-electron chi connectivity index (χ0n) is 11.4. The molecule has 2 N–H and O–H groups in total. The number of carbonyl (C=O) groups is 1. The lowest BCUT2D eigenvalue weighted by Gasteiger charge is -2.26. The fourth-order valence-corrected chi connectivity index (χ4v) is 2.45. The highest BCUT2D eigenvalue weighted by Gasteiger charge is 2.17.